The minimum absolute atomic E-state index is 0.0138. The number of pyridine rings is 1. The summed E-state index contributed by atoms with van der Waals surface area (Å²) in [6.45, 7) is 10.4. The van der Waals surface area contributed by atoms with Gasteiger partial charge in [0.2, 0.25) is 0 Å². The van der Waals surface area contributed by atoms with Crippen LogP contribution in [-0.2, 0) is 5.41 Å². The van der Waals surface area contributed by atoms with Crippen LogP contribution in [0.4, 0.5) is 0 Å². The molecular weight excluding hydrogens is 580 g/mol. The number of rotatable bonds is 5. The summed E-state index contributed by atoms with van der Waals surface area (Å²) in [6.07, 6.45) is 5.42. The van der Waals surface area contributed by atoms with Crippen LogP contribution < -0.4 is 4.74 Å². The molecule has 4 aromatic carbocycles. The molecule has 3 aromatic heterocycles. The van der Waals surface area contributed by atoms with Crippen molar-refractivity contribution in [1.82, 2.24) is 19.3 Å². The molecule has 0 radical (unpaired) electrons. The predicted octanol–water partition coefficient (Wildman–Crippen LogP) is 9.48. The molecule has 47 heavy (non-hydrogen) atoms. The molecule has 0 amide bonds. The highest BCUT2D eigenvalue weighted by Crippen LogP contribution is 2.36. The Morgan fingerprint density at radius 3 is 2.21 bits per heavy atom. The number of para-hydroxylation sites is 1. The number of aromatic nitrogens is 4. The van der Waals surface area contributed by atoms with Crippen molar-refractivity contribution in [1.29, 1.82) is 10.5 Å². The third kappa shape index (κ3) is 5.18. The fraction of sp³-hybridized carbons (Fsp3) is 0.150. The van der Waals surface area contributed by atoms with Crippen LogP contribution in [0.1, 0.15) is 48.6 Å². The van der Waals surface area contributed by atoms with Gasteiger partial charge >= 0.3 is 0 Å². The number of aryl methyl sites for hydroxylation is 2. The number of ether oxygens (including phenoxy) is 1. The van der Waals surface area contributed by atoms with E-state index in [4.69, 9.17) is 9.72 Å². The first-order valence-electron chi connectivity index (χ1n) is 15.4. The zero-order valence-electron chi connectivity index (χ0n) is 26.9. The molecule has 0 saturated heterocycles. The summed E-state index contributed by atoms with van der Waals surface area (Å²) in [6, 6.07) is 32.9. The molecule has 0 aliphatic heterocycles. The Hall–Kier alpha value is -6.18. The molecule has 0 saturated carbocycles. The molecule has 0 fully saturated rings. The summed E-state index contributed by atoms with van der Waals surface area (Å²) < 4.78 is 10.4. The lowest BCUT2D eigenvalue weighted by molar-refractivity contribution is 0.483. The fourth-order valence-electron chi connectivity index (χ4n) is 6.25. The molecule has 7 heteroatoms. The molecule has 0 spiro atoms. The molecule has 0 unspecified atom stereocenters. The van der Waals surface area contributed by atoms with E-state index >= 15 is 0 Å². The van der Waals surface area contributed by atoms with Gasteiger partial charge in [0.15, 0.2) is 0 Å². The van der Waals surface area contributed by atoms with Crippen LogP contribution in [0.2, 0.25) is 0 Å². The van der Waals surface area contributed by atoms with Crippen molar-refractivity contribution in [2.75, 3.05) is 0 Å². The van der Waals surface area contributed by atoms with Crippen LogP contribution in [-0.4, -0.2) is 19.3 Å². The largest absolute Gasteiger partial charge is 0.457 e. The van der Waals surface area contributed by atoms with Crippen molar-refractivity contribution in [3.63, 3.8) is 0 Å². The molecule has 0 aliphatic rings. The van der Waals surface area contributed by atoms with Crippen molar-refractivity contribution in [2.24, 2.45) is 0 Å². The minimum atomic E-state index is -0.0138. The van der Waals surface area contributed by atoms with Crippen molar-refractivity contribution >= 4 is 21.8 Å². The predicted molar refractivity (Wildman–Crippen MR) is 185 cm³/mol. The highest BCUT2D eigenvalue weighted by Gasteiger charge is 2.20. The number of benzene rings is 4. The van der Waals surface area contributed by atoms with Crippen LogP contribution in [0.3, 0.4) is 0 Å². The summed E-state index contributed by atoms with van der Waals surface area (Å²) in [5.41, 5.74) is 8.01. The summed E-state index contributed by atoms with van der Waals surface area (Å²) >= 11 is 0. The van der Waals surface area contributed by atoms with Gasteiger partial charge in [-0.2, -0.15) is 15.6 Å². The lowest BCUT2D eigenvalue weighted by Gasteiger charge is -2.20. The average Bonchev–Trinajstić information content (AvgIpc) is 3.67. The first-order chi connectivity index (χ1) is 22.7. The highest BCUT2D eigenvalue weighted by molar-refractivity contribution is 6.09. The minimum Gasteiger partial charge on any atom is -0.457 e. The molecule has 3 heterocycles. The maximum Gasteiger partial charge on any atom is 0.137 e. The number of nitriles is 2. The first-order valence-corrected chi connectivity index (χ1v) is 15.4. The zero-order valence-corrected chi connectivity index (χ0v) is 26.9. The molecule has 7 aromatic rings. The maximum atomic E-state index is 9.90. The Morgan fingerprint density at radius 1 is 0.745 bits per heavy atom. The van der Waals surface area contributed by atoms with E-state index in [2.05, 4.69) is 91.1 Å². The second kappa shape index (κ2) is 11.3. The van der Waals surface area contributed by atoms with Gasteiger partial charge in [-0.05, 0) is 78.4 Å². The van der Waals surface area contributed by atoms with E-state index < -0.39 is 0 Å². The van der Waals surface area contributed by atoms with Gasteiger partial charge in [0.1, 0.15) is 29.5 Å². The van der Waals surface area contributed by atoms with E-state index in [1.54, 1.807) is 10.9 Å². The second-order valence-corrected chi connectivity index (χ2v) is 12.8. The van der Waals surface area contributed by atoms with E-state index in [-0.39, 0.29) is 5.41 Å². The Morgan fingerprint density at radius 2 is 1.47 bits per heavy atom. The van der Waals surface area contributed by atoms with Gasteiger partial charge in [-0.1, -0.05) is 51.1 Å². The summed E-state index contributed by atoms with van der Waals surface area (Å²) in [7, 11) is 0. The Bertz CT molecular complexity index is 2390. The van der Waals surface area contributed by atoms with E-state index in [9.17, 15) is 10.5 Å². The summed E-state index contributed by atoms with van der Waals surface area (Å²) in [5, 5.41) is 26.7. The number of hydrogen-bond donors (Lipinski definition) is 0. The lowest BCUT2D eigenvalue weighted by Crippen LogP contribution is -2.12. The summed E-state index contributed by atoms with van der Waals surface area (Å²) in [5.74, 6) is 2.20. The van der Waals surface area contributed by atoms with Crippen LogP contribution >= 0.6 is 0 Å². The molecule has 7 rings (SSSR count). The fourth-order valence-corrected chi connectivity index (χ4v) is 6.25. The number of hydrogen-bond acceptors (Lipinski definition) is 5. The van der Waals surface area contributed by atoms with E-state index in [0.717, 1.165) is 44.4 Å². The van der Waals surface area contributed by atoms with Crippen molar-refractivity contribution < 1.29 is 4.74 Å². The van der Waals surface area contributed by atoms with Crippen LogP contribution in [0.15, 0.2) is 104 Å². The van der Waals surface area contributed by atoms with E-state index in [0.29, 0.717) is 33.8 Å². The van der Waals surface area contributed by atoms with Crippen molar-refractivity contribution in [2.45, 2.75) is 40.0 Å². The van der Waals surface area contributed by atoms with E-state index in [1.165, 1.54) is 5.56 Å². The number of fused-ring (bicyclic) bond motifs is 3. The monoisotopic (exact) mass is 612 g/mol. The topological polar surface area (TPSA) is 92.4 Å². The van der Waals surface area contributed by atoms with Gasteiger partial charge in [-0.25, -0.2) is 9.67 Å². The van der Waals surface area contributed by atoms with Gasteiger partial charge in [0.05, 0.1) is 34.0 Å². The molecule has 0 atom stereocenters. The van der Waals surface area contributed by atoms with Gasteiger partial charge in [-0.3, -0.25) is 4.57 Å². The standard InChI is InChI=1S/C40H32N6O/c1-25-17-26(2)35(22-42)39(34(25)21-41)27-23-44-45(24-27)29-9-8-10-30(19-29)47-31-13-14-33-32-11-6-7-12-36(32)46(37(33)20-31)38-18-28(15-16-43-38)40(3,4)5/h6-20,23-24H,1-5H3. The first kappa shape index (κ1) is 29.5. The normalized spacial score (nSPS) is 11.5. The van der Waals surface area contributed by atoms with Gasteiger partial charge in [0, 0.05) is 46.4 Å². The third-order valence-corrected chi connectivity index (χ3v) is 8.62. The van der Waals surface area contributed by atoms with Crippen LogP contribution in [0, 0.1) is 36.5 Å². The van der Waals surface area contributed by atoms with Gasteiger partial charge in [0.25, 0.3) is 0 Å². The Labute approximate surface area is 273 Å². The Balaban J connectivity index is 1.27. The van der Waals surface area contributed by atoms with E-state index in [1.807, 2.05) is 62.6 Å². The molecule has 0 N–H and O–H groups in total. The maximum absolute atomic E-state index is 9.90. The molecule has 0 bridgehead atoms. The van der Waals surface area contributed by atoms with Crippen molar-refractivity contribution in [3.05, 3.63) is 131 Å². The number of nitrogens with zero attached hydrogens (tertiary/aromatic N) is 6. The van der Waals surface area contributed by atoms with Gasteiger partial charge in [-0.15, -0.1) is 0 Å². The van der Waals surface area contributed by atoms with Gasteiger partial charge < -0.3 is 4.74 Å². The zero-order chi connectivity index (χ0) is 32.9. The smallest absolute Gasteiger partial charge is 0.137 e. The molecule has 7 nitrogen and oxygen atoms in total. The summed E-state index contributed by atoms with van der Waals surface area (Å²) in [4.78, 5) is 4.79. The van der Waals surface area contributed by atoms with Crippen molar-refractivity contribution in [3.8, 4) is 46.3 Å². The quantitative estimate of drug-likeness (QED) is 0.193. The third-order valence-electron chi connectivity index (χ3n) is 8.62. The lowest BCUT2D eigenvalue weighted by atomic mass is 9.88. The molecular formula is C40H32N6O. The molecule has 228 valence electrons. The SMILES string of the molecule is Cc1cc(C)c(C#N)c(-c2cnn(-c3cccc(Oc4ccc5c6ccccc6n(-c6cc(C(C)(C)C)ccn6)c5c4)c3)c2)c1C#N. The Kier molecular flexibility index (Phi) is 7.11. The van der Waals surface area contributed by atoms with Crippen LogP contribution in [0.5, 0.6) is 11.5 Å². The highest BCUT2D eigenvalue weighted by atomic mass is 16.5. The average molecular weight is 613 g/mol. The van der Waals surface area contributed by atoms with Crippen LogP contribution in [0.25, 0.3) is 44.4 Å². The molecule has 0 aliphatic carbocycles. The second-order valence-electron chi connectivity index (χ2n) is 12.8.